The van der Waals surface area contributed by atoms with Gasteiger partial charge in [0.05, 0.1) is 23.3 Å². The molecule has 0 N–H and O–H groups in total. The molecular formula is C27H26N2. The first-order valence-corrected chi connectivity index (χ1v) is 10.1. The molecule has 144 valence electrons. The van der Waals surface area contributed by atoms with E-state index in [1.807, 2.05) is 24.3 Å². The standard InChI is InChI=1S/C27H26N2/c1-19-12-22(4-8-26-10-6-24(17-28)14-20(26)2)16-23(13-19)5-9-27-11-7-25(18-29)15-21(27)3/h6-7,10-16H,4-5,8-9H2,1-3H3. The van der Waals surface area contributed by atoms with Gasteiger partial charge in [-0.05, 0) is 104 Å². The van der Waals surface area contributed by atoms with Gasteiger partial charge in [-0.2, -0.15) is 10.5 Å². The van der Waals surface area contributed by atoms with Gasteiger partial charge in [0.1, 0.15) is 0 Å². The molecule has 2 heteroatoms. The van der Waals surface area contributed by atoms with Crippen LogP contribution in [-0.2, 0) is 25.7 Å². The van der Waals surface area contributed by atoms with Crippen molar-refractivity contribution in [1.82, 2.24) is 0 Å². The SMILES string of the molecule is Cc1cc(CCc2ccc(C#N)cc2C)cc(CCc2ccc(C#N)cc2C)c1. The second-order valence-electron chi connectivity index (χ2n) is 7.83. The van der Waals surface area contributed by atoms with Gasteiger partial charge in [-0.25, -0.2) is 0 Å². The van der Waals surface area contributed by atoms with E-state index in [4.69, 9.17) is 10.5 Å². The molecule has 0 spiro atoms. The molecule has 0 radical (unpaired) electrons. The van der Waals surface area contributed by atoms with E-state index in [1.165, 1.54) is 38.9 Å². The summed E-state index contributed by atoms with van der Waals surface area (Å²) in [5.74, 6) is 0. The zero-order valence-electron chi connectivity index (χ0n) is 17.4. The van der Waals surface area contributed by atoms with Gasteiger partial charge in [-0.15, -0.1) is 0 Å². The average Bonchev–Trinajstić information content (AvgIpc) is 2.71. The van der Waals surface area contributed by atoms with E-state index in [0.29, 0.717) is 0 Å². The Morgan fingerprint density at radius 2 is 1.03 bits per heavy atom. The summed E-state index contributed by atoms with van der Waals surface area (Å²) in [5, 5.41) is 18.1. The van der Waals surface area contributed by atoms with Crippen molar-refractivity contribution in [1.29, 1.82) is 10.5 Å². The van der Waals surface area contributed by atoms with E-state index < -0.39 is 0 Å². The van der Waals surface area contributed by atoms with Crippen LogP contribution in [0, 0.1) is 43.4 Å². The average molecular weight is 379 g/mol. The molecule has 0 aliphatic carbocycles. The lowest BCUT2D eigenvalue weighted by molar-refractivity contribution is 0.918. The van der Waals surface area contributed by atoms with E-state index in [9.17, 15) is 0 Å². The van der Waals surface area contributed by atoms with Crippen molar-refractivity contribution in [2.75, 3.05) is 0 Å². The monoisotopic (exact) mass is 378 g/mol. The topological polar surface area (TPSA) is 47.6 Å². The molecule has 0 bridgehead atoms. The lowest BCUT2D eigenvalue weighted by atomic mass is 9.94. The van der Waals surface area contributed by atoms with Gasteiger partial charge < -0.3 is 0 Å². The summed E-state index contributed by atoms with van der Waals surface area (Å²) < 4.78 is 0. The van der Waals surface area contributed by atoms with Gasteiger partial charge >= 0.3 is 0 Å². The van der Waals surface area contributed by atoms with Crippen LogP contribution in [0.1, 0.15) is 50.1 Å². The van der Waals surface area contributed by atoms with E-state index >= 15 is 0 Å². The maximum Gasteiger partial charge on any atom is 0.0991 e. The van der Waals surface area contributed by atoms with Gasteiger partial charge in [0.15, 0.2) is 0 Å². The van der Waals surface area contributed by atoms with Crippen molar-refractivity contribution in [2.24, 2.45) is 0 Å². The third-order valence-electron chi connectivity index (χ3n) is 5.51. The number of hydrogen-bond acceptors (Lipinski definition) is 2. The molecule has 0 saturated carbocycles. The number of aryl methyl sites for hydroxylation is 7. The zero-order valence-corrected chi connectivity index (χ0v) is 17.4. The fourth-order valence-corrected chi connectivity index (χ4v) is 3.89. The molecule has 2 nitrogen and oxygen atoms in total. The molecule has 0 atom stereocenters. The molecule has 0 amide bonds. The predicted molar refractivity (Wildman–Crippen MR) is 118 cm³/mol. The van der Waals surface area contributed by atoms with E-state index in [-0.39, 0.29) is 0 Å². The summed E-state index contributed by atoms with van der Waals surface area (Å²) >= 11 is 0. The minimum absolute atomic E-state index is 0.724. The Morgan fingerprint density at radius 3 is 1.41 bits per heavy atom. The number of nitriles is 2. The van der Waals surface area contributed by atoms with Crippen molar-refractivity contribution in [3.63, 3.8) is 0 Å². The van der Waals surface area contributed by atoms with E-state index in [1.54, 1.807) is 0 Å². The van der Waals surface area contributed by atoms with Crippen molar-refractivity contribution < 1.29 is 0 Å². The summed E-state index contributed by atoms with van der Waals surface area (Å²) in [4.78, 5) is 0. The first-order chi connectivity index (χ1) is 14.0. The molecular weight excluding hydrogens is 352 g/mol. The Bertz CT molecular complexity index is 1020. The lowest BCUT2D eigenvalue weighted by Crippen LogP contribution is -1.99. The maximum absolute atomic E-state index is 9.03. The molecule has 3 aromatic carbocycles. The smallest absolute Gasteiger partial charge is 0.0991 e. The van der Waals surface area contributed by atoms with Crippen LogP contribution in [0.15, 0.2) is 54.6 Å². The molecule has 0 heterocycles. The first-order valence-electron chi connectivity index (χ1n) is 10.1. The quantitative estimate of drug-likeness (QED) is 0.534. The predicted octanol–water partition coefficient (Wildman–Crippen LogP) is 5.93. The van der Waals surface area contributed by atoms with Crippen LogP contribution >= 0.6 is 0 Å². The van der Waals surface area contributed by atoms with Crippen LogP contribution in [0.25, 0.3) is 0 Å². The third-order valence-corrected chi connectivity index (χ3v) is 5.51. The van der Waals surface area contributed by atoms with Gasteiger partial charge in [-0.3, -0.25) is 0 Å². The number of benzene rings is 3. The molecule has 29 heavy (non-hydrogen) atoms. The van der Waals surface area contributed by atoms with Gasteiger partial charge in [0.2, 0.25) is 0 Å². The summed E-state index contributed by atoms with van der Waals surface area (Å²) in [6.07, 6.45) is 3.96. The Kier molecular flexibility index (Phi) is 6.48. The molecule has 0 aliphatic heterocycles. The van der Waals surface area contributed by atoms with E-state index in [2.05, 4.69) is 63.2 Å². The second kappa shape index (κ2) is 9.22. The minimum atomic E-state index is 0.724. The highest BCUT2D eigenvalue weighted by Gasteiger charge is 2.05. The maximum atomic E-state index is 9.03. The zero-order chi connectivity index (χ0) is 20.8. The normalized spacial score (nSPS) is 10.4. The molecule has 0 fully saturated rings. The molecule has 0 aromatic heterocycles. The highest BCUT2D eigenvalue weighted by atomic mass is 14.2. The van der Waals surface area contributed by atoms with Crippen LogP contribution in [0.5, 0.6) is 0 Å². The van der Waals surface area contributed by atoms with Crippen LogP contribution in [-0.4, -0.2) is 0 Å². The van der Waals surface area contributed by atoms with Gasteiger partial charge in [-0.1, -0.05) is 35.9 Å². The van der Waals surface area contributed by atoms with Crippen molar-refractivity contribution >= 4 is 0 Å². The molecule has 0 aliphatic rings. The van der Waals surface area contributed by atoms with Crippen LogP contribution in [0.2, 0.25) is 0 Å². The minimum Gasteiger partial charge on any atom is -0.192 e. The Labute approximate surface area is 174 Å². The van der Waals surface area contributed by atoms with Crippen LogP contribution in [0.3, 0.4) is 0 Å². The third kappa shape index (κ3) is 5.34. The second-order valence-corrected chi connectivity index (χ2v) is 7.83. The summed E-state index contributed by atoms with van der Waals surface area (Å²) in [5.41, 5.74) is 10.5. The number of hydrogen-bond donors (Lipinski definition) is 0. The van der Waals surface area contributed by atoms with Crippen molar-refractivity contribution in [2.45, 2.75) is 46.5 Å². The lowest BCUT2D eigenvalue weighted by Gasteiger charge is -2.11. The Balaban J connectivity index is 1.68. The summed E-state index contributed by atoms with van der Waals surface area (Å²) in [7, 11) is 0. The first kappa shape index (κ1) is 20.4. The highest BCUT2D eigenvalue weighted by molar-refractivity contribution is 5.40. The fraction of sp³-hybridized carbons (Fsp3) is 0.259. The molecule has 0 saturated heterocycles. The van der Waals surface area contributed by atoms with Crippen molar-refractivity contribution in [3.05, 3.63) is 105 Å². The summed E-state index contributed by atoms with van der Waals surface area (Å²) in [6.45, 7) is 6.32. The Morgan fingerprint density at radius 1 is 0.586 bits per heavy atom. The Hall–Kier alpha value is -3.36. The van der Waals surface area contributed by atoms with E-state index in [0.717, 1.165) is 36.8 Å². The molecule has 0 unspecified atom stereocenters. The fourth-order valence-electron chi connectivity index (χ4n) is 3.89. The van der Waals surface area contributed by atoms with Crippen LogP contribution in [0.4, 0.5) is 0 Å². The van der Waals surface area contributed by atoms with Crippen molar-refractivity contribution in [3.8, 4) is 12.1 Å². The summed E-state index contributed by atoms with van der Waals surface area (Å²) in [6, 6.07) is 23.2. The molecule has 3 rings (SSSR count). The molecule has 3 aromatic rings. The van der Waals surface area contributed by atoms with Gasteiger partial charge in [0.25, 0.3) is 0 Å². The number of nitrogens with zero attached hydrogens (tertiary/aromatic N) is 2. The highest BCUT2D eigenvalue weighted by Crippen LogP contribution is 2.19. The number of rotatable bonds is 6. The largest absolute Gasteiger partial charge is 0.192 e. The van der Waals surface area contributed by atoms with Crippen LogP contribution < -0.4 is 0 Å². The van der Waals surface area contributed by atoms with Gasteiger partial charge in [0, 0.05) is 0 Å².